The molecular formula is C32H38FN3O4S. The van der Waals surface area contributed by atoms with Gasteiger partial charge < -0.3 is 10.2 Å². The molecule has 0 heterocycles. The summed E-state index contributed by atoms with van der Waals surface area (Å²) in [6.07, 6.45) is 2.99. The Kier molecular flexibility index (Phi) is 10.3. The summed E-state index contributed by atoms with van der Waals surface area (Å²) in [5.74, 6) is -0.483. The number of benzene rings is 3. The van der Waals surface area contributed by atoms with Gasteiger partial charge in [0.1, 0.15) is 11.9 Å². The summed E-state index contributed by atoms with van der Waals surface area (Å²) in [5, 5.41) is 3.00. The zero-order valence-corrected chi connectivity index (χ0v) is 24.4. The third kappa shape index (κ3) is 8.96. The molecule has 1 aliphatic rings. The molecule has 0 saturated heterocycles. The van der Waals surface area contributed by atoms with Gasteiger partial charge in [0.15, 0.2) is 0 Å². The highest BCUT2D eigenvalue weighted by atomic mass is 32.2. The lowest BCUT2D eigenvalue weighted by atomic mass is 10.0. The van der Waals surface area contributed by atoms with Crippen molar-refractivity contribution in [3.63, 3.8) is 0 Å². The van der Waals surface area contributed by atoms with Gasteiger partial charge in [-0.25, -0.2) is 17.5 Å². The maximum absolute atomic E-state index is 13.8. The van der Waals surface area contributed by atoms with E-state index in [4.69, 9.17) is 0 Å². The van der Waals surface area contributed by atoms with Crippen LogP contribution < -0.4 is 10.0 Å². The topological polar surface area (TPSA) is 95.6 Å². The molecule has 0 bridgehead atoms. The number of nitrogens with one attached hydrogen (secondary N) is 2. The molecule has 0 radical (unpaired) electrons. The molecular weight excluding hydrogens is 541 g/mol. The van der Waals surface area contributed by atoms with E-state index in [9.17, 15) is 22.4 Å². The van der Waals surface area contributed by atoms with Crippen molar-refractivity contribution in [1.29, 1.82) is 0 Å². The Morgan fingerprint density at radius 2 is 1.56 bits per heavy atom. The predicted molar refractivity (Wildman–Crippen MR) is 157 cm³/mol. The second-order valence-electron chi connectivity index (χ2n) is 11.0. The van der Waals surface area contributed by atoms with Gasteiger partial charge >= 0.3 is 0 Å². The van der Waals surface area contributed by atoms with Crippen LogP contribution in [-0.2, 0) is 32.6 Å². The number of aryl methyl sites for hydroxylation is 1. The molecule has 1 atom stereocenters. The third-order valence-corrected chi connectivity index (χ3v) is 8.58. The largest absolute Gasteiger partial charge is 0.354 e. The summed E-state index contributed by atoms with van der Waals surface area (Å²) in [7, 11) is -3.56. The number of carbonyl (C=O) groups excluding carboxylic acids is 2. The van der Waals surface area contributed by atoms with Crippen molar-refractivity contribution in [2.45, 2.75) is 69.5 Å². The number of hydrogen-bond donors (Lipinski definition) is 2. The highest BCUT2D eigenvalue weighted by Crippen LogP contribution is 2.26. The molecule has 7 nitrogen and oxygen atoms in total. The highest BCUT2D eigenvalue weighted by molar-refractivity contribution is 7.89. The maximum Gasteiger partial charge on any atom is 0.247 e. The normalized spacial score (nSPS) is 14.0. The molecule has 0 spiro atoms. The first-order chi connectivity index (χ1) is 19.6. The molecule has 4 rings (SSSR count). The Balaban J connectivity index is 1.55. The molecule has 0 unspecified atom stereocenters. The lowest BCUT2D eigenvalue weighted by molar-refractivity contribution is -0.141. The van der Waals surface area contributed by atoms with Crippen molar-refractivity contribution < 1.29 is 22.4 Å². The predicted octanol–water partition coefficient (Wildman–Crippen LogP) is 5.13. The summed E-state index contributed by atoms with van der Waals surface area (Å²) >= 11 is 0. The van der Waals surface area contributed by atoms with E-state index >= 15 is 0 Å². The van der Waals surface area contributed by atoms with Crippen LogP contribution in [0.2, 0.25) is 0 Å². The Labute approximate surface area is 242 Å². The van der Waals surface area contributed by atoms with Crippen molar-refractivity contribution in [2.24, 2.45) is 5.92 Å². The second kappa shape index (κ2) is 13.9. The molecule has 1 saturated carbocycles. The van der Waals surface area contributed by atoms with Gasteiger partial charge in [-0.2, -0.15) is 0 Å². The van der Waals surface area contributed by atoms with Gasteiger partial charge in [0.2, 0.25) is 21.8 Å². The molecule has 2 amide bonds. The van der Waals surface area contributed by atoms with Crippen LogP contribution in [0.3, 0.4) is 0 Å². The Hall–Kier alpha value is -3.56. The van der Waals surface area contributed by atoms with Gasteiger partial charge in [0.05, 0.1) is 4.90 Å². The maximum atomic E-state index is 13.8. The average molecular weight is 580 g/mol. The van der Waals surface area contributed by atoms with Gasteiger partial charge in [-0.1, -0.05) is 68.4 Å². The van der Waals surface area contributed by atoms with Gasteiger partial charge in [-0.05, 0) is 72.6 Å². The van der Waals surface area contributed by atoms with Gasteiger partial charge in [-0.3, -0.25) is 9.59 Å². The van der Waals surface area contributed by atoms with E-state index in [0.29, 0.717) is 30.0 Å². The van der Waals surface area contributed by atoms with Crippen molar-refractivity contribution in [3.05, 3.63) is 101 Å². The van der Waals surface area contributed by atoms with Crippen LogP contribution in [0.1, 0.15) is 62.3 Å². The van der Waals surface area contributed by atoms with Crippen molar-refractivity contribution in [1.82, 2.24) is 14.9 Å². The van der Waals surface area contributed by atoms with Crippen LogP contribution in [0.5, 0.6) is 0 Å². The molecule has 9 heteroatoms. The van der Waals surface area contributed by atoms with Crippen LogP contribution in [0.25, 0.3) is 0 Å². The first-order valence-corrected chi connectivity index (χ1v) is 15.6. The summed E-state index contributed by atoms with van der Waals surface area (Å²) < 4.78 is 41.3. The molecule has 3 aromatic rings. The van der Waals surface area contributed by atoms with Gasteiger partial charge in [0.25, 0.3) is 0 Å². The number of rotatable bonds is 14. The van der Waals surface area contributed by atoms with E-state index < -0.39 is 16.1 Å². The Morgan fingerprint density at radius 3 is 2.17 bits per heavy atom. The number of nitrogens with zero attached hydrogens (tertiary/aromatic N) is 1. The molecule has 3 aromatic carbocycles. The number of carbonyl (C=O) groups is 2. The Bertz CT molecular complexity index is 1410. The first kappa shape index (κ1) is 30.4. The van der Waals surface area contributed by atoms with Gasteiger partial charge in [-0.15, -0.1) is 0 Å². The minimum Gasteiger partial charge on any atom is -0.354 e. The molecule has 218 valence electrons. The second-order valence-corrected chi connectivity index (χ2v) is 12.7. The number of hydrogen-bond acceptors (Lipinski definition) is 4. The number of halogens is 1. The van der Waals surface area contributed by atoms with E-state index in [-0.39, 0.29) is 41.5 Å². The van der Waals surface area contributed by atoms with Crippen molar-refractivity contribution in [3.8, 4) is 0 Å². The molecule has 41 heavy (non-hydrogen) atoms. The first-order valence-electron chi connectivity index (χ1n) is 14.1. The quantitative estimate of drug-likeness (QED) is 0.277. The highest BCUT2D eigenvalue weighted by Gasteiger charge is 2.31. The average Bonchev–Trinajstić information content (AvgIpc) is 3.76. The summed E-state index contributed by atoms with van der Waals surface area (Å²) in [6, 6.07) is 20.8. The number of sulfonamides is 1. The van der Waals surface area contributed by atoms with Crippen LogP contribution in [0.4, 0.5) is 4.39 Å². The Morgan fingerprint density at radius 1 is 0.927 bits per heavy atom. The smallest absolute Gasteiger partial charge is 0.247 e. The molecule has 1 aliphatic carbocycles. The standard InChI is InChI=1S/C32H38FN3O4S/c1-23(2)20-21-34-32(38)31(26-6-4-3-5-7-26)36(22-25-8-13-27(33)14-9-25)30(37)19-12-24-10-17-29(18-11-24)41(39,40)35-28-15-16-28/h3-11,13-14,17-18,23,28,31,35H,12,15-16,19-22H2,1-2H3,(H,34,38)/t31-/m1/s1. The van der Waals surface area contributed by atoms with Crippen molar-refractivity contribution in [2.75, 3.05) is 6.54 Å². The zero-order chi connectivity index (χ0) is 29.4. The van der Waals surface area contributed by atoms with E-state index in [0.717, 1.165) is 24.8 Å². The van der Waals surface area contributed by atoms with E-state index in [1.807, 2.05) is 30.3 Å². The lowest BCUT2D eigenvalue weighted by Crippen LogP contribution is -2.43. The molecule has 0 aliphatic heterocycles. The SMILES string of the molecule is CC(C)CCNC(=O)[C@@H](c1ccccc1)N(Cc1ccc(F)cc1)C(=O)CCc1ccc(S(=O)(=O)NC2CC2)cc1. The minimum atomic E-state index is -3.56. The zero-order valence-electron chi connectivity index (χ0n) is 23.6. The van der Waals surface area contributed by atoms with Crippen LogP contribution >= 0.6 is 0 Å². The fraction of sp³-hybridized carbons (Fsp3) is 0.375. The monoisotopic (exact) mass is 579 g/mol. The van der Waals surface area contributed by atoms with Gasteiger partial charge in [0, 0.05) is 25.6 Å². The van der Waals surface area contributed by atoms with Crippen LogP contribution in [-0.4, -0.2) is 37.7 Å². The van der Waals surface area contributed by atoms with Crippen molar-refractivity contribution >= 4 is 21.8 Å². The van der Waals surface area contributed by atoms with E-state index in [2.05, 4.69) is 23.9 Å². The summed E-state index contributed by atoms with van der Waals surface area (Å²) in [4.78, 5) is 29.1. The van der Waals surface area contributed by atoms with Crippen LogP contribution in [0.15, 0.2) is 83.8 Å². The third-order valence-electron chi connectivity index (χ3n) is 7.04. The fourth-order valence-electron chi connectivity index (χ4n) is 4.52. The molecule has 1 fully saturated rings. The molecule has 0 aromatic heterocycles. The number of amides is 2. The van der Waals surface area contributed by atoms with Crippen LogP contribution in [0, 0.1) is 11.7 Å². The van der Waals surface area contributed by atoms with E-state index in [1.165, 1.54) is 12.1 Å². The summed E-state index contributed by atoms with van der Waals surface area (Å²) in [5.41, 5.74) is 2.19. The summed E-state index contributed by atoms with van der Waals surface area (Å²) in [6.45, 7) is 4.77. The van der Waals surface area contributed by atoms with E-state index in [1.54, 1.807) is 41.3 Å². The minimum absolute atomic E-state index is 0.0181. The fourth-order valence-corrected chi connectivity index (χ4v) is 5.82. The lowest BCUT2D eigenvalue weighted by Gasteiger charge is -2.32. The molecule has 2 N–H and O–H groups in total.